The number of rotatable bonds is 6. The van der Waals surface area contributed by atoms with Gasteiger partial charge in [0.15, 0.2) is 0 Å². The second-order valence-corrected chi connectivity index (χ2v) is 7.60. The van der Waals surface area contributed by atoms with Gasteiger partial charge in [-0.2, -0.15) is 0 Å². The number of unbranched alkanes of at least 4 members (excludes halogenated alkanes) is 1. The average Bonchev–Trinajstić information content (AvgIpc) is 3.16. The van der Waals surface area contributed by atoms with Crippen LogP contribution in [0.3, 0.4) is 0 Å². The Morgan fingerprint density at radius 3 is 2.42 bits per heavy atom. The van der Waals surface area contributed by atoms with Crippen LogP contribution in [0.2, 0.25) is 0 Å². The fraction of sp³-hybridized carbons (Fsp3) is 0.619. The molecule has 26 heavy (non-hydrogen) atoms. The van der Waals surface area contributed by atoms with Crippen molar-refractivity contribution >= 4 is 11.8 Å². The predicted molar refractivity (Wildman–Crippen MR) is 103 cm³/mol. The van der Waals surface area contributed by atoms with Gasteiger partial charge in [0, 0.05) is 32.2 Å². The third-order valence-electron chi connectivity index (χ3n) is 5.61. The van der Waals surface area contributed by atoms with Crippen molar-refractivity contribution in [2.75, 3.05) is 33.2 Å². The van der Waals surface area contributed by atoms with Gasteiger partial charge in [-0.3, -0.25) is 14.5 Å². The molecule has 0 saturated carbocycles. The maximum Gasteiger partial charge on any atom is 0.254 e. The quantitative estimate of drug-likeness (QED) is 0.786. The maximum absolute atomic E-state index is 13.0. The lowest BCUT2D eigenvalue weighted by Gasteiger charge is -2.39. The summed E-state index contributed by atoms with van der Waals surface area (Å²) in [5.41, 5.74) is 1.94. The second-order valence-electron chi connectivity index (χ2n) is 7.60. The first-order chi connectivity index (χ1) is 12.6. The zero-order valence-corrected chi connectivity index (χ0v) is 16.1. The normalized spacial score (nSPS) is 21.5. The summed E-state index contributed by atoms with van der Waals surface area (Å²) >= 11 is 0. The Labute approximate surface area is 156 Å². The van der Waals surface area contributed by atoms with Crippen LogP contribution in [0.1, 0.15) is 54.9 Å². The highest BCUT2D eigenvalue weighted by Gasteiger charge is 2.35. The van der Waals surface area contributed by atoms with Crippen molar-refractivity contribution in [2.24, 2.45) is 0 Å². The lowest BCUT2D eigenvalue weighted by molar-refractivity contribution is -0.138. The van der Waals surface area contributed by atoms with E-state index in [-0.39, 0.29) is 17.9 Å². The SMILES string of the molecule is CCCCC1C(=O)N(C)CCN1C(=O)c1ccc(CN2CCCC2)cc1. The zero-order valence-electron chi connectivity index (χ0n) is 16.1. The van der Waals surface area contributed by atoms with E-state index in [0.717, 1.165) is 25.8 Å². The van der Waals surface area contributed by atoms with Crippen molar-refractivity contribution in [3.63, 3.8) is 0 Å². The van der Waals surface area contributed by atoms with Crippen molar-refractivity contribution in [1.82, 2.24) is 14.7 Å². The summed E-state index contributed by atoms with van der Waals surface area (Å²) in [6.45, 7) is 6.64. The van der Waals surface area contributed by atoms with Gasteiger partial charge >= 0.3 is 0 Å². The third kappa shape index (κ3) is 4.26. The highest BCUT2D eigenvalue weighted by atomic mass is 16.2. The number of carbonyl (C=O) groups excluding carboxylic acids is 2. The number of likely N-dealkylation sites (tertiary alicyclic amines) is 1. The molecule has 1 unspecified atom stereocenters. The first kappa shape index (κ1) is 18.9. The van der Waals surface area contributed by atoms with E-state index in [2.05, 4.69) is 24.0 Å². The summed E-state index contributed by atoms with van der Waals surface area (Å²) in [6, 6.07) is 7.65. The number of hydrogen-bond donors (Lipinski definition) is 0. The molecule has 2 saturated heterocycles. The molecule has 0 aliphatic carbocycles. The van der Waals surface area contributed by atoms with Gasteiger partial charge in [-0.15, -0.1) is 0 Å². The van der Waals surface area contributed by atoms with E-state index in [1.807, 2.05) is 19.2 Å². The average molecular weight is 357 g/mol. The van der Waals surface area contributed by atoms with Crippen LogP contribution < -0.4 is 0 Å². The van der Waals surface area contributed by atoms with E-state index in [1.165, 1.54) is 31.5 Å². The van der Waals surface area contributed by atoms with Crippen molar-refractivity contribution in [3.05, 3.63) is 35.4 Å². The molecule has 0 bridgehead atoms. The Hall–Kier alpha value is -1.88. The summed E-state index contributed by atoms with van der Waals surface area (Å²) in [7, 11) is 1.83. The monoisotopic (exact) mass is 357 g/mol. The van der Waals surface area contributed by atoms with Crippen molar-refractivity contribution in [3.8, 4) is 0 Å². The molecule has 2 fully saturated rings. The molecule has 0 aromatic heterocycles. The molecule has 1 aromatic rings. The van der Waals surface area contributed by atoms with Gasteiger partial charge in [0.1, 0.15) is 6.04 Å². The van der Waals surface area contributed by atoms with Gasteiger partial charge < -0.3 is 9.80 Å². The fourth-order valence-electron chi connectivity index (χ4n) is 3.95. The fourth-order valence-corrected chi connectivity index (χ4v) is 3.95. The highest BCUT2D eigenvalue weighted by molar-refractivity contribution is 5.98. The molecule has 1 atom stereocenters. The van der Waals surface area contributed by atoms with E-state index >= 15 is 0 Å². The van der Waals surface area contributed by atoms with Crippen LogP contribution in [0.25, 0.3) is 0 Å². The first-order valence-electron chi connectivity index (χ1n) is 9.97. The second kappa shape index (κ2) is 8.67. The topological polar surface area (TPSA) is 43.9 Å². The minimum atomic E-state index is -0.314. The van der Waals surface area contributed by atoms with E-state index < -0.39 is 0 Å². The number of nitrogens with zero attached hydrogens (tertiary/aromatic N) is 3. The molecule has 5 heteroatoms. The third-order valence-corrected chi connectivity index (χ3v) is 5.61. The number of amides is 2. The Bertz CT molecular complexity index is 623. The zero-order chi connectivity index (χ0) is 18.5. The van der Waals surface area contributed by atoms with Gasteiger partial charge in [0.05, 0.1) is 0 Å². The van der Waals surface area contributed by atoms with E-state index in [0.29, 0.717) is 18.7 Å². The Morgan fingerprint density at radius 2 is 1.77 bits per heavy atom. The van der Waals surface area contributed by atoms with Crippen molar-refractivity contribution in [1.29, 1.82) is 0 Å². The number of carbonyl (C=O) groups is 2. The smallest absolute Gasteiger partial charge is 0.254 e. The van der Waals surface area contributed by atoms with Gasteiger partial charge in [0.25, 0.3) is 5.91 Å². The van der Waals surface area contributed by atoms with Crippen LogP contribution in [-0.4, -0.2) is 65.8 Å². The summed E-state index contributed by atoms with van der Waals surface area (Å²) in [5, 5.41) is 0. The number of benzene rings is 1. The predicted octanol–water partition coefficient (Wildman–Crippen LogP) is 2.76. The standard InChI is InChI=1S/C21H31N3O2/c1-3-4-7-19-21(26)22(2)14-15-24(19)20(25)18-10-8-17(9-11-18)16-23-12-5-6-13-23/h8-11,19H,3-7,12-16H2,1-2H3. The lowest BCUT2D eigenvalue weighted by atomic mass is 10.0. The number of hydrogen-bond acceptors (Lipinski definition) is 3. The van der Waals surface area contributed by atoms with Crippen LogP contribution in [0, 0.1) is 0 Å². The summed E-state index contributed by atoms with van der Waals surface area (Å²) in [5.74, 6) is 0.0592. The van der Waals surface area contributed by atoms with Gasteiger partial charge in [-0.1, -0.05) is 31.9 Å². The molecular weight excluding hydrogens is 326 g/mol. The van der Waals surface area contributed by atoms with Gasteiger partial charge in [0.2, 0.25) is 5.91 Å². The maximum atomic E-state index is 13.0. The van der Waals surface area contributed by atoms with E-state index in [4.69, 9.17) is 0 Å². The summed E-state index contributed by atoms with van der Waals surface area (Å²) < 4.78 is 0. The minimum Gasteiger partial charge on any atom is -0.342 e. The highest BCUT2D eigenvalue weighted by Crippen LogP contribution is 2.20. The van der Waals surface area contributed by atoms with E-state index in [9.17, 15) is 9.59 Å². The molecule has 2 aliphatic rings. The first-order valence-corrected chi connectivity index (χ1v) is 9.97. The molecular formula is C21H31N3O2. The minimum absolute atomic E-state index is 0.0136. The van der Waals surface area contributed by atoms with Crippen LogP contribution >= 0.6 is 0 Å². The van der Waals surface area contributed by atoms with Crippen molar-refractivity contribution < 1.29 is 9.59 Å². The Kier molecular flexibility index (Phi) is 6.30. The molecule has 142 valence electrons. The van der Waals surface area contributed by atoms with Crippen LogP contribution in [-0.2, 0) is 11.3 Å². The largest absolute Gasteiger partial charge is 0.342 e. The molecule has 2 aliphatic heterocycles. The molecule has 0 N–H and O–H groups in total. The molecule has 3 rings (SSSR count). The van der Waals surface area contributed by atoms with Crippen molar-refractivity contribution in [2.45, 2.75) is 51.6 Å². The van der Waals surface area contributed by atoms with Crippen LogP contribution in [0.4, 0.5) is 0 Å². The molecule has 5 nitrogen and oxygen atoms in total. The van der Waals surface area contributed by atoms with Crippen LogP contribution in [0.15, 0.2) is 24.3 Å². The van der Waals surface area contributed by atoms with Gasteiger partial charge in [-0.05, 0) is 50.0 Å². The Morgan fingerprint density at radius 1 is 1.08 bits per heavy atom. The van der Waals surface area contributed by atoms with E-state index in [1.54, 1.807) is 9.80 Å². The molecule has 1 aromatic carbocycles. The Balaban J connectivity index is 1.68. The molecule has 0 radical (unpaired) electrons. The van der Waals surface area contributed by atoms with Gasteiger partial charge in [-0.25, -0.2) is 0 Å². The summed E-state index contributed by atoms with van der Waals surface area (Å²) in [6.07, 6.45) is 5.31. The number of likely N-dealkylation sites (N-methyl/N-ethyl adjacent to an activating group) is 1. The lowest BCUT2D eigenvalue weighted by Crippen LogP contribution is -2.57. The molecule has 0 spiro atoms. The number of piperazine rings is 1. The molecule has 2 amide bonds. The molecule has 2 heterocycles. The van der Waals surface area contributed by atoms with Crippen LogP contribution in [0.5, 0.6) is 0 Å². The summed E-state index contributed by atoms with van der Waals surface area (Å²) in [4.78, 5) is 31.6.